The molecule has 1 aromatic rings. The molecule has 1 N–H and O–H groups in total. The Balaban J connectivity index is 1.92. The molecule has 2 heterocycles. The molecule has 2 nitrogen and oxygen atoms in total. The smallest absolute Gasteiger partial charge is 0.0599 e. The van der Waals surface area contributed by atoms with Gasteiger partial charge in [0.05, 0.1) is 6.04 Å². The van der Waals surface area contributed by atoms with Gasteiger partial charge >= 0.3 is 0 Å². The monoisotopic (exact) mass is 264 g/mol. The van der Waals surface area contributed by atoms with Gasteiger partial charge in [-0.05, 0) is 57.3 Å². The quantitative estimate of drug-likeness (QED) is 0.896. The molecule has 0 amide bonds. The maximum atomic E-state index is 3.63. The van der Waals surface area contributed by atoms with Crippen LogP contribution in [0.2, 0.25) is 0 Å². The molecule has 3 heteroatoms. The van der Waals surface area contributed by atoms with Crippen LogP contribution in [0.15, 0.2) is 17.5 Å². The Bertz CT molecular complexity index is 362. The lowest BCUT2D eigenvalue weighted by Crippen LogP contribution is -2.53. The number of hydrogen-bond acceptors (Lipinski definition) is 3. The van der Waals surface area contributed by atoms with Crippen molar-refractivity contribution < 1.29 is 0 Å². The van der Waals surface area contributed by atoms with Crippen LogP contribution in [0.25, 0.3) is 0 Å². The lowest BCUT2D eigenvalue weighted by atomic mass is 9.85. The van der Waals surface area contributed by atoms with E-state index < -0.39 is 0 Å². The molecule has 1 aromatic heterocycles. The van der Waals surface area contributed by atoms with Crippen LogP contribution in [0.4, 0.5) is 0 Å². The summed E-state index contributed by atoms with van der Waals surface area (Å²) in [5.74, 6) is 0. The summed E-state index contributed by atoms with van der Waals surface area (Å²) in [7, 11) is 2.14. The van der Waals surface area contributed by atoms with Crippen molar-refractivity contribution in [1.29, 1.82) is 0 Å². The number of hydrogen-bond donors (Lipinski definition) is 1. The molecular formula is C15H24N2S. The van der Waals surface area contributed by atoms with Crippen molar-refractivity contribution in [2.24, 2.45) is 0 Å². The number of likely N-dealkylation sites (N-methyl/N-ethyl adjacent to an activating group) is 1. The average Bonchev–Trinajstić information content (AvgIpc) is 3.14. The van der Waals surface area contributed by atoms with E-state index in [9.17, 15) is 0 Å². The molecule has 0 spiro atoms. The molecule has 0 bridgehead atoms. The third kappa shape index (κ3) is 2.02. The molecule has 0 aromatic carbocycles. The molecule has 1 atom stereocenters. The first-order valence-electron chi connectivity index (χ1n) is 7.32. The maximum absolute atomic E-state index is 3.63. The van der Waals surface area contributed by atoms with Crippen LogP contribution in [0.1, 0.15) is 49.4 Å². The maximum Gasteiger partial charge on any atom is 0.0599 e. The van der Waals surface area contributed by atoms with Gasteiger partial charge in [0.2, 0.25) is 0 Å². The van der Waals surface area contributed by atoms with E-state index in [0.29, 0.717) is 11.6 Å². The minimum absolute atomic E-state index is 0.399. The van der Waals surface area contributed by atoms with Crippen molar-refractivity contribution in [2.75, 3.05) is 20.1 Å². The average molecular weight is 264 g/mol. The van der Waals surface area contributed by atoms with Crippen molar-refractivity contribution in [3.8, 4) is 0 Å². The van der Waals surface area contributed by atoms with Crippen LogP contribution < -0.4 is 5.32 Å². The zero-order chi connectivity index (χ0) is 12.4. The predicted molar refractivity (Wildman–Crippen MR) is 78.1 cm³/mol. The minimum Gasteiger partial charge on any atom is -0.311 e. The Kier molecular flexibility index (Phi) is 3.73. The van der Waals surface area contributed by atoms with Crippen LogP contribution in [-0.2, 0) is 0 Å². The topological polar surface area (TPSA) is 15.3 Å². The van der Waals surface area contributed by atoms with E-state index in [1.807, 2.05) is 11.3 Å². The normalized spacial score (nSPS) is 25.6. The zero-order valence-corrected chi connectivity index (χ0v) is 12.1. The molecule has 1 saturated carbocycles. The van der Waals surface area contributed by atoms with Gasteiger partial charge in [0, 0.05) is 10.4 Å². The summed E-state index contributed by atoms with van der Waals surface area (Å²) in [5, 5.41) is 5.85. The summed E-state index contributed by atoms with van der Waals surface area (Å²) >= 11 is 1.91. The van der Waals surface area contributed by atoms with Crippen LogP contribution >= 0.6 is 11.3 Å². The predicted octanol–water partition coefficient (Wildman–Crippen LogP) is 3.42. The fourth-order valence-electron chi connectivity index (χ4n) is 4.07. The standard InChI is InChI=1S/C15H24N2S/c1-16-14(13-7-6-12-18-13)15(8-2-3-9-15)17-10-4-5-11-17/h6-7,12,14,16H,2-5,8-11H2,1H3. The van der Waals surface area contributed by atoms with Crippen LogP contribution in [0.3, 0.4) is 0 Å². The largest absolute Gasteiger partial charge is 0.311 e. The third-order valence-corrected chi connectivity index (χ3v) is 5.80. The summed E-state index contributed by atoms with van der Waals surface area (Å²) in [6.45, 7) is 2.62. The summed E-state index contributed by atoms with van der Waals surface area (Å²) in [6, 6.07) is 5.02. The lowest BCUT2D eigenvalue weighted by molar-refractivity contribution is 0.0810. The second-order valence-electron chi connectivity index (χ2n) is 5.74. The molecular weight excluding hydrogens is 240 g/mol. The van der Waals surface area contributed by atoms with Crippen LogP contribution in [-0.4, -0.2) is 30.6 Å². The molecule has 3 rings (SSSR count). The van der Waals surface area contributed by atoms with E-state index in [2.05, 4.69) is 34.8 Å². The summed E-state index contributed by atoms with van der Waals surface area (Å²) in [5.41, 5.74) is 0.399. The fraction of sp³-hybridized carbons (Fsp3) is 0.733. The summed E-state index contributed by atoms with van der Waals surface area (Å²) < 4.78 is 0. The van der Waals surface area contributed by atoms with Gasteiger partial charge in [-0.25, -0.2) is 0 Å². The Morgan fingerprint density at radius 3 is 2.50 bits per heavy atom. The fourth-order valence-corrected chi connectivity index (χ4v) is 5.01. The second kappa shape index (κ2) is 5.32. The molecule has 0 radical (unpaired) electrons. The molecule has 18 heavy (non-hydrogen) atoms. The number of rotatable bonds is 4. The SMILES string of the molecule is CNC(c1cccs1)C1(N2CCCC2)CCCC1. The van der Waals surface area contributed by atoms with E-state index in [1.165, 1.54) is 56.5 Å². The molecule has 1 unspecified atom stereocenters. The molecule has 1 saturated heterocycles. The van der Waals surface area contributed by atoms with E-state index in [4.69, 9.17) is 0 Å². The second-order valence-corrected chi connectivity index (χ2v) is 6.72. The van der Waals surface area contributed by atoms with Crippen LogP contribution in [0, 0.1) is 0 Å². The van der Waals surface area contributed by atoms with Crippen molar-refractivity contribution in [1.82, 2.24) is 10.2 Å². The highest BCUT2D eigenvalue weighted by Gasteiger charge is 2.46. The number of nitrogens with one attached hydrogen (secondary N) is 1. The molecule has 1 aliphatic carbocycles. The lowest BCUT2D eigenvalue weighted by Gasteiger charge is -2.44. The van der Waals surface area contributed by atoms with Gasteiger partial charge < -0.3 is 5.32 Å². The van der Waals surface area contributed by atoms with Crippen molar-refractivity contribution in [3.05, 3.63) is 22.4 Å². The molecule has 1 aliphatic heterocycles. The van der Waals surface area contributed by atoms with Gasteiger partial charge in [-0.2, -0.15) is 0 Å². The van der Waals surface area contributed by atoms with E-state index in [1.54, 1.807) is 0 Å². The van der Waals surface area contributed by atoms with E-state index in [0.717, 1.165) is 0 Å². The highest BCUT2D eigenvalue weighted by atomic mass is 32.1. The van der Waals surface area contributed by atoms with Crippen molar-refractivity contribution in [3.63, 3.8) is 0 Å². The number of nitrogens with zero attached hydrogens (tertiary/aromatic N) is 1. The van der Waals surface area contributed by atoms with E-state index in [-0.39, 0.29) is 0 Å². The van der Waals surface area contributed by atoms with Gasteiger partial charge in [-0.1, -0.05) is 18.9 Å². The van der Waals surface area contributed by atoms with Gasteiger partial charge in [-0.3, -0.25) is 4.90 Å². The molecule has 100 valence electrons. The first-order valence-corrected chi connectivity index (χ1v) is 8.20. The Hall–Kier alpha value is -0.380. The van der Waals surface area contributed by atoms with E-state index >= 15 is 0 Å². The van der Waals surface area contributed by atoms with Gasteiger partial charge in [0.25, 0.3) is 0 Å². The minimum atomic E-state index is 0.399. The molecule has 2 aliphatic rings. The zero-order valence-electron chi connectivity index (χ0n) is 11.3. The van der Waals surface area contributed by atoms with Gasteiger partial charge in [0.15, 0.2) is 0 Å². The third-order valence-electron chi connectivity index (χ3n) is 4.86. The Morgan fingerprint density at radius 1 is 1.22 bits per heavy atom. The van der Waals surface area contributed by atoms with Crippen LogP contribution in [0.5, 0.6) is 0 Å². The van der Waals surface area contributed by atoms with Crippen molar-refractivity contribution >= 4 is 11.3 Å². The van der Waals surface area contributed by atoms with Gasteiger partial charge in [0.1, 0.15) is 0 Å². The van der Waals surface area contributed by atoms with Crippen molar-refractivity contribution in [2.45, 2.75) is 50.1 Å². The highest BCUT2D eigenvalue weighted by Crippen LogP contribution is 2.46. The molecule has 2 fully saturated rings. The van der Waals surface area contributed by atoms with Gasteiger partial charge in [-0.15, -0.1) is 11.3 Å². The summed E-state index contributed by atoms with van der Waals surface area (Å²) in [6.07, 6.45) is 8.33. The highest BCUT2D eigenvalue weighted by molar-refractivity contribution is 7.10. The Labute approximate surface area is 114 Å². The first-order chi connectivity index (χ1) is 8.87. The Morgan fingerprint density at radius 2 is 1.94 bits per heavy atom. The number of thiophene rings is 1. The number of likely N-dealkylation sites (tertiary alicyclic amines) is 1. The summed E-state index contributed by atoms with van der Waals surface area (Å²) in [4.78, 5) is 4.31. The first kappa shape index (κ1) is 12.6.